The highest BCUT2D eigenvalue weighted by molar-refractivity contribution is 5.92. The Morgan fingerprint density at radius 1 is 1.15 bits per heavy atom. The molecule has 1 heterocycles. The van der Waals surface area contributed by atoms with Gasteiger partial charge in [0.05, 0.1) is 0 Å². The maximum absolute atomic E-state index is 13.7. The number of halogens is 3. The van der Waals surface area contributed by atoms with Crippen molar-refractivity contribution in [1.82, 2.24) is 14.9 Å². The van der Waals surface area contributed by atoms with Crippen LogP contribution in [0.5, 0.6) is 0 Å². The molecule has 0 bridgehead atoms. The highest BCUT2D eigenvalue weighted by Gasteiger charge is 2.20. The monoisotopic (exact) mass is 371 g/mol. The second kappa shape index (κ2) is 7.90. The van der Waals surface area contributed by atoms with Crippen molar-refractivity contribution in [3.63, 3.8) is 0 Å². The molecular weight excluding hydrogens is 355 g/mol. The molecule has 0 aliphatic carbocycles. The van der Waals surface area contributed by atoms with E-state index >= 15 is 0 Å². The van der Waals surface area contributed by atoms with Gasteiger partial charge in [0.25, 0.3) is 0 Å². The van der Waals surface area contributed by atoms with Crippen LogP contribution in [-0.4, -0.2) is 15.5 Å². The highest BCUT2D eigenvalue weighted by atomic mass is 19.1. The summed E-state index contributed by atoms with van der Waals surface area (Å²) in [6.45, 7) is 0. The lowest BCUT2D eigenvalue weighted by Crippen LogP contribution is -2.29. The third kappa shape index (κ3) is 4.25. The second-order valence-corrected chi connectivity index (χ2v) is 5.86. The summed E-state index contributed by atoms with van der Waals surface area (Å²) in [5, 5.41) is 2.69. The standard InChI is InChI=1S/C20H16F3N3O/c1-26-11-10-24-20(26)19(13-4-2-5-14(21)12-13)25-18(27)9-8-15-16(22)6-3-7-17(15)23/h2-12,19H,1H3,(H,25,27)/b9-8+. The van der Waals surface area contributed by atoms with Crippen molar-refractivity contribution in [2.75, 3.05) is 0 Å². The highest BCUT2D eigenvalue weighted by Crippen LogP contribution is 2.21. The Balaban J connectivity index is 1.87. The molecule has 1 aromatic heterocycles. The predicted molar refractivity (Wildman–Crippen MR) is 95.0 cm³/mol. The summed E-state index contributed by atoms with van der Waals surface area (Å²) in [6.07, 6.45) is 5.33. The van der Waals surface area contributed by atoms with Crippen molar-refractivity contribution in [3.05, 3.63) is 95.3 Å². The second-order valence-electron chi connectivity index (χ2n) is 5.86. The van der Waals surface area contributed by atoms with Gasteiger partial charge in [-0.3, -0.25) is 4.79 Å². The molecule has 3 rings (SSSR count). The van der Waals surface area contributed by atoms with Crippen LogP contribution < -0.4 is 5.32 Å². The van der Waals surface area contributed by atoms with Crippen LogP contribution in [0.15, 0.2) is 60.9 Å². The molecule has 0 radical (unpaired) electrons. The Labute approximate surface area is 154 Å². The molecule has 2 aromatic carbocycles. The van der Waals surface area contributed by atoms with Crippen LogP contribution in [0, 0.1) is 17.5 Å². The van der Waals surface area contributed by atoms with Crippen molar-refractivity contribution < 1.29 is 18.0 Å². The minimum absolute atomic E-state index is 0.313. The number of hydrogen-bond acceptors (Lipinski definition) is 2. The van der Waals surface area contributed by atoms with E-state index in [1.165, 1.54) is 24.3 Å². The third-order valence-electron chi connectivity index (χ3n) is 3.99. The van der Waals surface area contributed by atoms with Crippen LogP contribution in [0.4, 0.5) is 13.2 Å². The third-order valence-corrected chi connectivity index (χ3v) is 3.99. The summed E-state index contributed by atoms with van der Waals surface area (Å²) in [5.74, 6) is -2.12. The molecule has 1 unspecified atom stereocenters. The van der Waals surface area contributed by atoms with Gasteiger partial charge in [-0.2, -0.15) is 0 Å². The van der Waals surface area contributed by atoms with E-state index in [9.17, 15) is 18.0 Å². The van der Waals surface area contributed by atoms with E-state index in [1.54, 1.807) is 30.1 Å². The molecule has 0 saturated heterocycles. The molecule has 138 valence electrons. The van der Waals surface area contributed by atoms with Gasteiger partial charge in [-0.05, 0) is 35.9 Å². The molecule has 4 nitrogen and oxygen atoms in total. The number of hydrogen-bond donors (Lipinski definition) is 1. The first-order valence-electron chi connectivity index (χ1n) is 8.11. The molecule has 27 heavy (non-hydrogen) atoms. The number of benzene rings is 2. The zero-order chi connectivity index (χ0) is 19.4. The van der Waals surface area contributed by atoms with Crippen LogP contribution >= 0.6 is 0 Å². The van der Waals surface area contributed by atoms with Crippen LogP contribution in [0.3, 0.4) is 0 Å². The van der Waals surface area contributed by atoms with Crippen molar-refractivity contribution >= 4 is 12.0 Å². The predicted octanol–water partition coefficient (Wildman–Crippen LogP) is 3.76. The van der Waals surface area contributed by atoms with Gasteiger partial charge >= 0.3 is 0 Å². The van der Waals surface area contributed by atoms with E-state index in [-0.39, 0.29) is 5.56 Å². The lowest BCUT2D eigenvalue weighted by molar-refractivity contribution is -0.117. The van der Waals surface area contributed by atoms with Gasteiger partial charge in [-0.15, -0.1) is 0 Å². The van der Waals surface area contributed by atoms with Gasteiger partial charge < -0.3 is 9.88 Å². The largest absolute Gasteiger partial charge is 0.339 e. The lowest BCUT2D eigenvalue weighted by atomic mass is 10.1. The smallest absolute Gasteiger partial charge is 0.244 e. The van der Waals surface area contributed by atoms with Crippen molar-refractivity contribution in [2.24, 2.45) is 7.05 Å². The first-order chi connectivity index (χ1) is 13.0. The normalized spacial score (nSPS) is 12.3. The first-order valence-corrected chi connectivity index (χ1v) is 8.11. The van der Waals surface area contributed by atoms with E-state index in [0.29, 0.717) is 11.4 Å². The maximum atomic E-state index is 13.7. The summed E-state index contributed by atoms with van der Waals surface area (Å²) >= 11 is 0. The van der Waals surface area contributed by atoms with Gasteiger partial charge in [-0.25, -0.2) is 18.2 Å². The Kier molecular flexibility index (Phi) is 5.40. The van der Waals surface area contributed by atoms with Crippen molar-refractivity contribution in [2.45, 2.75) is 6.04 Å². The SMILES string of the molecule is Cn1ccnc1C(NC(=O)/C=C/c1c(F)cccc1F)c1cccc(F)c1. The van der Waals surface area contributed by atoms with Crippen molar-refractivity contribution in [1.29, 1.82) is 0 Å². The molecule has 1 amide bonds. The minimum atomic E-state index is -0.773. The number of carbonyl (C=O) groups excluding carboxylic acids is 1. The van der Waals surface area contributed by atoms with E-state index in [0.717, 1.165) is 24.3 Å². The summed E-state index contributed by atoms with van der Waals surface area (Å²) in [7, 11) is 1.74. The number of imidazole rings is 1. The average molecular weight is 371 g/mol. The van der Waals surface area contributed by atoms with Gasteiger partial charge in [-0.1, -0.05) is 18.2 Å². The van der Waals surface area contributed by atoms with Crippen LogP contribution in [-0.2, 0) is 11.8 Å². The molecule has 0 saturated carbocycles. The fourth-order valence-electron chi connectivity index (χ4n) is 2.66. The molecule has 0 fully saturated rings. The minimum Gasteiger partial charge on any atom is -0.339 e. The number of carbonyl (C=O) groups is 1. The number of rotatable bonds is 5. The molecule has 1 N–H and O–H groups in total. The zero-order valence-corrected chi connectivity index (χ0v) is 14.4. The van der Waals surface area contributed by atoms with Crippen molar-refractivity contribution in [3.8, 4) is 0 Å². The summed E-state index contributed by atoms with van der Waals surface area (Å²) in [4.78, 5) is 16.5. The molecule has 1 atom stereocenters. The average Bonchev–Trinajstić information content (AvgIpc) is 3.05. The quantitative estimate of drug-likeness (QED) is 0.695. The van der Waals surface area contributed by atoms with Gasteiger partial charge in [0.15, 0.2) is 0 Å². The fraction of sp³-hybridized carbons (Fsp3) is 0.100. The molecule has 0 aliphatic rings. The molecule has 7 heteroatoms. The number of nitrogens with one attached hydrogen (secondary N) is 1. The van der Waals surface area contributed by atoms with Gasteiger partial charge in [0, 0.05) is 31.1 Å². The first kappa shape index (κ1) is 18.4. The van der Waals surface area contributed by atoms with E-state index in [1.807, 2.05) is 0 Å². The van der Waals surface area contributed by atoms with E-state index in [4.69, 9.17) is 0 Å². The summed E-state index contributed by atoms with van der Waals surface area (Å²) < 4.78 is 42.7. The van der Waals surface area contributed by atoms with Gasteiger partial charge in [0.1, 0.15) is 29.3 Å². The topological polar surface area (TPSA) is 46.9 Å². The number of nitrogens with zero attached hydrogens (tertiary/aromatic N) is 2. The maximum Gasteiger partial charge on any atom is 0.244 e. The molecule has 0 aliphatic heterocycles. The Hall–Kier alpha value is -3.35. The molecule has 3 aromatic rings. The van der Waals surface area contributed by atoms with E-state index in [2.05, 4.69) is 10.3 Å². The van der Waals surface area contributed by atoms with E-state index < -0.39 is 29.4 Å². The fourth-order valence-corrected chi connectivity index (χ4v) is 2.66. The zero-order valence-electron chi connectivity index (χ0n) is 14.4. The van der Waals surface area contributed by atoms with Crippen LogP contribution in [0.2, 0.25) is 0 Å². The number of aromatic nitrogens is 2. The Morgan fingerprint density at radius 2 is 1.85 bits per heavy atom. The van der Waals surface area contributed by atoms with Crippen LogP contribution in [0.1, 0.15) is 23.0 Å². The number of amides is 1. The Morgan fingerprint density at radius 3 is 2.48 bits per heavy atom. The van der Waals surface area contributed by atoms with Gasteiger partial charge in [0.2, 0.25) is 5.91 Å². The molecular formula is C20H16F3N3O. The lowest BCUT2D eigenvalue weighted by Gasteiger charge is -2.18. The number of aryl methyl sites for hydroxylation is 1. The Bertz CT molecular complexity index is 977. The molecule has 0 spiro atoms. The van der Waals surface area contributed by atoms with Crippen LogP contribution in [0.25, 0.3) is 6.08 Å². The summed E-state index contributed by atoms with van der Waals surface area (Å²) in [6, 6.07) is 8.47. The summed E-state index contributed by atoms with van der Waals surface area (Å²) in [5.41, 5.74) is 0.176.